The van der Waals surface area contributed by atoms with Gasteiger partial charge >= 0.3 is 0 Å². The van der Waals surface area contributed by atoms with Gasteiger partial charge in [-0.3, -0.25) is 19.4 Å². The highest BCUT2D eigenvalue weighted by molar-refractivity contribution is 6.18. The van der Waals surface area contributed by atoms with Crippen LogP contribution in [0.15, 0.2) is 109 Å². The van der Waals surface area contributed by atoms with Crippen LogP contribution in [0.2, 0.25) is 0 Å². The van der Waals surface area contributed by atoms with E-state index in [2.05, 4.69) is 16.4 Å². The number of amides is 1. The number of rotatable bonds is 4. The first-order valence-electron chi connectivity index (χ1n) is 13.0. The first-order chi connectivity index (χ1) is 19.0. The second kappa shape index (κ2) is 8.60. The number of para-hydroxylation sites is 2. The summed E-state index contributed by atoms with van der Waals surface area (Å²) < 4.78 is 0. The fraction of sp³-hybridized carbons (Fsp3) is 0.152. The van der Waals surface area contributed by atoms with Crippen molar-refractivity contribution >= 4 is 34.4 Å². The summed E-state index contributed by atoms with van der Waals surface area (Å²) in [6.45, 7) is 2.02. The quantitative estimate of drug-likeness (QED) is 0.375. The number of hydrogen-bond acceptors (Lipinski definition) is 5. The average molecular weight is 512 g/mol. The molecule has 1 N–H and O–H groups in total. The lowest BCUT2D eigenvalue weighted by Crippen LogP contribution is -2.51. The zero-order valence-electron chi connectivity index (χ0n) is 21.2. The number of pyridine rings is 1. The maximum Gasteiger partial charge on any atom is 0.238 e. The SMILES string of the molecule is CC1=C[C@@H]2N(c3ccccc31)[C@H](C(=O)c1ccccc1)[C@H](C(=O)c1ccncc1)[C@@]21C(=O)Nc2ccccc21. The lowest BCUT2D eigenvalue weighted by atomic mass is 9.64. The van der Waals surface area contributed by atoms with E-state index in [9.17, 15) is 14.4 Å². The number of Topliss-reactive ketones (excluding diaryl/α,β-unsaturated/α-hetero) is 2. The van der Waals surface area contributed by atoms with Crippen molar-refractivity contribution in [1.29, 1.82) is 0 Å². The molecule has 1 fully saturated rings. The molecule has 6 heteroatoms. The van der Waals surface area contributed by atoms with E-state index >= 15 is 0 Å². The Labute approximate surface area is 226 Å². The Bertz CT molecular complexity index is 1680. The molecule has 1 aromatic heterocycles. The maximum atomic E-state index is 14.6. The van der Waals surface area contributed by atoms with Gasteiger partial charge in [-0.25, -0.2) is 0 Å². The van der Waals surface area contributed by atoms with Crippen molar-refractivity contribution < 1.29 is 14.4 Å². The summed E-state index contributed by atoms with van der Waals surface area (Å²) in [6, 6.07) is 26.3. The van der Waals surface area contributed by atoms with Crippen molar-refractivity contribution in [2.45, 2.75) is 24.4 Å². The Morgan fingerprint density at radius 3 is 2.28 bits per heavy atom. The number of benzene rings is 3. The van der Waals surface area contributed by atoms with Gasteiger partial charge in [0.15, 0.2) is 11.6 Å². The van der Waals surface area contributed by atoms with E-state index in [1.165, 1.54) is 0 Å². The molecule has 3 aliphatic heterocycles. The van der Waals surface area contributed by atoms with Crippen LogP contribution in [-0.2, 0) is 10.2 Å². The summed E-state index contributed by atoms with van der Waals surface area (Å²) in [5.41, 5.74) is 3.86. The Kier molecular flexibility index (Phi) is 5.13. The number of anilines is 2. The minimum absolute atomic E-state index is 0.190. The summed E-state index contributed by atoms with van der Waals surface area (Å²) in [5, 5.41) is 3.07. The molecule has 3 aliphatic rings. The Morgan fingerprint density at radius 2 is 1.49 bits per heavy atom. The van der Waals surface area contributed by atoms with E-state index < -0.39 is 23.4 Å². The Hall–Kier alpha value is -4.84. The van der Waals surface area contributed by atoms with Crippen LogP contribution in [0, 0.1) is 5.92 Å². The standard InChI is InChI=1S/C33H25N3O3/c1-20-19-27-33(24-12-6-7-13-25(24)35-32(33)39)28(30(37)22-15-17-34-18-16-22)29(31(38)21-9-3-2-4-10-21)36(27)26-14-8-5-11-23(20)26/h2-19,27-29H,1H3,(H,35,39)/t27-,28+,29-,33-/m0/s1. The second-order valence-corrected chi connectivity index (χ2v) is 10.3. The minimum Gasteiger partial charge on any atom is -0.352 e. The first-order valence-corrected chi connectivity index (χ1v) is 13.0. The molecule has 6 nitrogen and oxygen atoms in total. The van der Waals surface area contributed by atoms with Crippen LogP contribution in [0.1, 0.15) is 38.8 Å². The highest BCUT2D eigenvalue weighted by Crippen LogP contribution is 2.58. The second-order valence-electron chi connectivity index (χ2n) is 10.3. The van der Waals surface area contributed by atoms with Crippen LogP contribution in [-0.4, -0.2) is 34.5 Å². The Morgan fingerprint density at radius 1 is 0.821 bits per heavy atom. The van der Waals surface area contributed by atoms with Gasteiger partial charge in [0.05, 0.1) is 12.0 Å². The number of allylic oxidation sites excluding steroid dienone is 1. The van der Waals surface area contributed by atoms with Gasteiger partial charge < -0.3 is 10.2 Å². The largest absolute Gasteiger partial charge is 0.352 e. The maximum absolute atomic E-state index is 14.6. The van der Waals surface area contributed by atoms with E-state index in [0.717, 1.165) is 22.4 Å². The summed E-state index contributed by atoms with van der Waals surface area (Å²) in [5.74, 6) is -1.70. The molecule has 3 aromatic carbocycles. The van der Waals surface area contributed by atoms with Gasteiger partial charge in [-0.15, -0.1) is 0 Å². The molecule has 1 amide bonds. The van der Waals surface area contributed by atoms with Crippen molar-refractivity contribution in [1.82, 2.24) is 4.98 Å². The van der Waals surface area contributed by atoms with Crippen LogP contribution in [0.5, 0.6) is 0 Å². The predicted molar refractivity (Wildman–Crippen MR) is 150 cm³/mol. The number of carbonyl (C=O) groups is 3. The van der Waals surface area contributed by atoms with Crippen LogP contribution >= 0.6 is 0 Å². The van der Waals surface area contributed by atoms with Crippen molar-refractivity contribution in [2.24, 2.45) is 5.92 Å². The zero-order chi connectivity index (χ0) is 26.7. The van der Waals surface area contributed by atoms with Crippen molar-refractivity contribution in [2.75, 3.05) is 10.2 Å². The third-order valence-corrected chi connectivity index (χ3v) is 8.46. The monoisotopic (exact) mass is 511 g/mol. The molecule has 0 bridgehead atoms. The van der Waals surface area contributed by atoms with Gasteiger partial charge in [0.25, 0.3) is 0 Å². The molecule has 4 aromatic rings. The zero-order valence-corrected chi connectivity index (χ0v) is 21.2. The highest BCUT2D eigenvalue weighted by atomic mass is 16.2. The molecule has 7 rings (SSSR count). The molecule has 0 aliphatic carbocycles. The molecule has 0 unspecified atom stereocenters. The van der Waals surface area contributed by atoms with E-state index in [0.29, 0.717) is 16.8 Å². The molecule has 1 spiro atoms. The van der Waals surface area contributed by atoms with Gasteiger partial charge in [-0.1, -0.05) is 72.8 Å². The number of nitrogens with zero attached hydrogens (tertiary/aromatic N) is 2. The third kappa shape index (κ3) is 3.15. The minimum atomic E-state index is -1.32. The summed E-state index contributed by atoms with van der Waals surface area (Å²) in [6.07, 6.45) is 5.20. The van der Waals surface area contributed by atoms with Crippen LogP contribution in [0.4, 0.5) is 11.4 Å². The van der Waals surface area contributed by atoms with Crippen molar-refractivity contribution in [3.63, 3.8) is 0 Å². The average Bonchev–Trinajstić information content (AvgIpc) is 3.45. The molecular formula is C33H25N3O3. The van der Waals surface area contributed by atoms with E-state index in [1.807, 2.05) is 78.6 Å². The fourth-order valence-corrected chi connectivity index (χ4v) is 6.86. The van der Waals surface area contributed by atoms with E-state index in [4.69, 9.17) is 0 Å². The normalized spacial score (nSPS) is 24.4. The molecule has 1 saturated heterocycles. The predicted octanol–water partition coefficient (Wildman–Crippen LogP) is 5.33. The molecule has 190 valence electrons. The molecule has 0 radical (unpaired) electrons. The van der Waals surface area contributed by atoms with Gasteiger partial charge in [0, 0.05) is 40.5 Å². The highest BCUT2D eigenvalue weighted by Gasteiger charge is 2.70. The third-order valence-electron chi connectivity index (χ3n) is 8.46. The number of carbonyl (C=O) groups excluding carboxylic acids is 3. The van der Waals surface area contributed by atoms with Crippen LogP contribution < -0.4 is 10.2 Å². The fourth-order valence-electron chi connectivity index (χ4n) is 6.86. The van der Waals surface area contributed by atoms with Crippen LogP contribution in [0.3, 0.4) is 0 Å². The number of hydrogen-bond donors (Lipinski definition) is 1. The molecule has 39 heavy (non-hydrogen) atoms. The van der Waals surface area contributed by atoms with Gasteiger partial charge in [0.2, 0.25) is 5.91 Å². The smallest absolute Gasteiger partial charge is 0.238 e. The van der Waals surface area contributed by atoms with Gasteiger partial charge in [0.1, 0.15) is 11.5 Å². The topological polar surface area (TPSA) is 79.4 Å². The molecule has 4 atom stereocenters. The molecule has 0 saturated carbocycles. The number of fused-ring (bicyclic) bond motifs is 6. The van der Waals surface area contributed by atoms with Gasteiger partial charge in [-0.2, -0.15) is 0 Å². The van der Waals surface area contributed by atoms with E-state index in [-0.39, 0.29) is 17.5 Å². The van der Waals surface area contributed by atoms with Crippen molar-refractivity contribution in [3.05, 3.63) is 132 Å². The number of nitrogens with one attached hydrogen (secondary N) is 1. The summed E-state index contributed by atoms with van der Waals surface area (Å²) >= 11 is 0. The first kappa shape index (κ1) is 23.3. The lowest BCUT2D eigenvalue weighted by Gasteiger charge is -2.39. The molecule has 4 heterocycles. The van der Waals surface area contributed by atoms with E-state index in [1.54, 1.807) is 36.7 Å². The molecular weight excluding hydrogens is 486 g/mol. The number of aromatic nitrogens is 1. The number of ketones is 2. The Balaban J connectivity index is 1.57. The van der Waals surface area contributed by atoms with Crippen LogP contribution in [0.25, 0.3) is 5.57 Å². The summed E-state index contributed by atoms with van der Waals surface area (Å²) in [7, 11) is 0. The van der Waals surface area contributed by atoms with Gasteiger partial charge in [-0.05, 0) is 42.3 Å². The lowest BCUT2D eigenvalue weighted by molar-refractivity contribution is -0.121. The summed E-state index contributed by atoms with van der Waals surface area (Å²) in [4.78, 5) is 49.6. The van der Waals surface area contributed by atoms with Crippen molar-refractivity contribution in [3.8, 4) is 0 Å².